The molecule has 0 radical (unpaired) electrons. The highest BCUT2D eigenvalue weighted by atomic mass is 19.1. The molecule has 0 aliphatic heterocycles. The van der Waals surface area contributed by atoms with E-state index in [0.29, 0.717) is 12.8 Å². The van der Waals surface area contributed by atoms with Crippen LogP contribution in [0.2, 0.25) is 0 Å². The molecule has 102 valence electrons. The fourth-order valence-electron chi connectivity index (χ4n) is 1.72. The SMILES string of the molecule is O=C(Nc1c(F)cccc1F)NC(C(=O)O)C1CC1. The molecule has 0 saturated heterocycles. The van der Waals surface area contributed by atoms with Crippen LogP contribution in [0.25, 0.3) is 0 Å². The molecule has 2 rings (SSSR count). The molecule has 0 spiro atoms. The maximum absolute atomic E-state index is 13.3. The van der Waals surface area contributed by atoms with Crippen LogP contribution in [0.4, 0.5) is 19.3 Å². The Hall–Kier alpha value is -2.18. The molecule has 1 aromatic carbocycles. The molecule has 0 aromatic heterocycles. The monoisotopic (exact) mass is 270 g/mol. The molecule has 3 N–H and O–H groups in total. The second-order valence-electron chi connectivity index (χ2n) is 4.35. The fraction of sp³-hybridized carbons (Fsp3) is 0.333. The Bertz CT molecular complexity index is 497. The summed E-state index contributed by atoms with van der Waals surface area (Å²) in [6, 6.07) is 1.18. The maximum Gasteiger partial charge on any atom is 0.326 e. The Balaban J connectivity index is 2.02. The molecule has 19 heavy (non-hydrogen) atoms. The summed E-state index contributed by atoms with van der Waals surface area (Å²) in [6.07, 6.45) is 1.43. The first-order valence-electron chi connectivity index (χ1n) is 5.73. The van der Waals surface area contributed by atoms with Crippen molar-refractivity contribution in [3.05, 3.63) is 29.8 Å². The number of halogens is 2. The number of urea groups is 1. The van der Waals surface area contributed by atoms with Gasteiger partial charge in [-0.25, -0.2) is 18.4 Å². The van der Waals surface area contributed by atoms with E-state index >= 15 is 0 Å². The Kier molecular flexibility index (Phi) is 3.64. The number of nitrogens with one attached hydrogen (secondary N) is 2. The van der Waals surface area contributed by atoms with E-state index in [1.165, 1.54) is 0 Å². The molecule has 1 fully saturated rings. The number of carboxylic acids is 1. The van der Waals surface area contributed by atoms with E-state index in [1.54, 1.807) is 0 Å². The average Bonchev–Trinajstić information content (AvgIpc) is 3.15. The molecule has 0 bridgehead atoms. The highest BCUT2D eigenvalue weighted by molar-refractivity contribution is 5.92. The number of hydrogen-bond acceptors (Lipinski definition) is 2. The topological polar surface area (TPSA) is 78.4 Å². The van der Waals surface area contributed by atoms with E-state index in [2.05, 4.69) is 5.32 Å². The third-order valence-corrected chi connectivity index (χ3v) is 2.85. The van der Waals surface area contributed by atoms with Crippen LogP contribution in [-0.4, -0.2) is 23.1 Å². The maximum atomic E-state index is 13.3. The van der Waals surface area contributed by atoms with Crippen molar-refractivity contribution in [1.29, 1.82) is 0 Å². The van der Waals surface area contributed by atoms with Gasteiger partial charge in [0, 0.05) is 0 Å². The van der Waals surface area contributed by atoms with E-state index < -0.39 is 35.4 Å². The van der Waals surface area contributed by atoms with Crippen LogP contribution in [0.3, 0.4) is 0 Å². The predicted octanol–water partition coefficient (Wildman–Crippen LogP) is 1.95. The van der Waals surface area contributed by atoms with Crippen molar-refractivity contribution in [3.63, 3.8) is 0 Å². The Morgan fingerprint density at radius 2 is 1.84 bits per heavy atom. The molecule has 1 aliphatic carbocycles. The lowest BCUT2D eigenvalue weighted by Crippen LogP contribution is -2.44. The van der Waals surface area contributed by atoms with Gasteiger partial charge in [0.2, 0.25) is 0 Å². The first-order valence-corrected chi connectivity index (χ1v) is 5.73. The molecule has 1 saturated carbocycles. The van der Waals surface area contributed by atoms with Crippen molar-refractivity contribution in [2.75, 3.05) is 5.32 Å². The predicted molar refractivity (Wildman–Crippen MR) is 62.7 cm³/mol. The summed E-state index contributed by atoms with van der Waals surface area (Å²) >= 11 is 0. The normalized spacial score (nSPS) is 15.7. The summed E-state index contributed by atoms with van der Waals surface area (Å²) in [5, 5.41) is 13.1. The summed E-state index contributed by atoms with van der Waals surface area (Å²) in [7, 11) is 0. The lowest BCUT2D eigenvalue weighted by Gasteiger charge is -2.14. The van der Waals surface area contributed by atoms with Gasteiger partial charge < -0.3 is 15.7 Å². The number of anilines is 1. The molecule has 5 nitrogen and oxygen atoms in total. The van der Waals surface area contributed by atoms with Crippen molar-refractivity contribution in [3.8, 4) is 0 Å². The highest BCUT2D eigenvalue weighted by Gasteiger charge is 2.37. The van der Waals surface area contributed by atoms with Gasteiger partial charge in [-0.15, -0.1) is 0 Å². The minimum absolute atomic E-state index is 0.117. The number of para-hydroxylation sites is 1. The molecule has 7 heteroatoms. The second-order valence-corrected chi connectivity index (χ2v) is 4.35. The minimum atomic E-state index is -1.16. The zero-order valence-electron chi connectivity index (χ0n) is 9.82. The van der Waals surface area contributed by atoms with Crippen LogP contribution in [0.15, 0.2) is 18.2 Å². The largest absolute Gasteiger partial charge is 0.480 e. The fourth-order valence-corrected chi connectivity index (χ4v) is 1.72. The van der Waals surface area contributed by atoms with E-state index in [9.17, 15) is 18.4 Å². The first kappa shape index (κ1) is 13.3. The summed E-state index contributed by atoms with van der Waals surface area (Å²) in [6.45, 7) is 0. The molecular formula is C12H12F2N2O3. The van der Waals surface area contributed by atoms with Crippen molar-refractivity contribution < 1.29 is 23.5 Å². The van der Waals surface area contributed by atoms with Gasteiger partial charge in [-0.05, 0) is 30.9 Å². The molecule has 0 heterocycles. The van der Waals surface area contributed by atoms with Gasteiger partial charge >= 0.3 is 12.0 Å². The Morgan fingerprint density at radius 3 is 2.32 bits per heavy atom. The molecule has 1 aliphatic rings. The number of carbonyl (C=O) groups is 2. The van der Waals surface area contributed by atoms with Gasteiger partial charge in [-0.3, -0.25) is 0 Å². The zero-order valence-corrected chi connectivity index (χ0v) is 9.82. The highest BCUT2D eigenvalue weighted by Crippen LogP contribution is 2.32. The van der Waals surface area contributed by atoms with Gasteiger partial charge in [0.1, 0.15) is 23.4 Å². The Labute approximate surface area is 107 Å². The number of carbonyl (C=O) groups excluding carboxylic acids is 1. The number of aliphatic carboxylic acids is 1. The summed E-state index contributed by atoms with van der Waals surface area (Å²) in [4.78, 5) is 22.5. The van der Waals surface area contributed by atoms with E-state index in [4.69, 9.17) is 5.11 Å². The molecule has 1 aromatic rings. The van der Waals surface area contributed by atoms with Crippen LogP contribution in [0.5, 0.6) is 0 Å². The lowest BCUT2D eigenvalue weighted by atomic mass is 10.2. The van der Waals surface area contributed by atoms with E-state index in [1.807, 2.05) is 5.32 Å². The number of carboxylic acid groups (broad SMARTS) is 1. The lowest BCUT2D eigenvalue weighted by molar-refractivity contribution is -0.139. The summed E-state index contributed by atoms with van der Waals surface area (Å²) in [5.74, 6) is -3.12. The zero-order chi connectivity index (χ0) is 14.0. The van der Waals surface area contributed by atoms with Gasteiger partial charge in [0.15, 0.2) is 0 Å². The second kappa shape index (κ2) is 5.21. The molecule has 1 atom stereocenters. The Morgan fingerprint density at radius 1 is 1.26 bits per heavy atom. The molecule has 2 amide bonds. The summed E-state index contributed by atoms with van der Waals surface area (Å²) < 4.78 is 26.6. The average molecular weight is 270 g/mol. The van der Waals surface area contributed by atoms with Crippen molar-refractivity contribution in [2.24, 2.45) is 5.92 Å². The smallest absolute Gasteiger partial charge is 0.326 e. The number of benzene rings is 1. The minimum Gasteiger partial charge on any atom is -0.480 e. The van der Waals surface area contributed by atoms with Crippen LogP contribution in [0, 0.1) is 17.6 Å². The van der Waals surface area contributed by atoms with Gasteiger partial charge in [0.25, 0.3) is 0 Å². The van der Waals surface area contributed by atoms with Crippen LogP contribution >= 0.6 is 0 Å². The van der Waals surface area contributed by atoms with Gasteiger partial charge in [-0.1, -0.05) is 6.07 Å². The van der Waals surface area contributed by atoms with Crippen LogP contribution in [0.1, 0.15) is 12.8 Å². The molecule has 1 unspecified atom stereocenters. The van der Waals surface area contributed by atoms with Crippen LogP contribution in [-0.2, 0) is 4.79 Å². The van der Waals surface area contributed by atoms with Crippen LogP contribution < -0.4 is 10.6 Å². The quantitative estimate of drug-likeness (QED) is 0.782. The first-order chi connectivity index (χ1) is 8.99. The van der Waals surface area contributed by atoms with Crippen molar-refractivity contribution in [1.82, 2.24) is 5.32 Å². The third kappa shape index (κ3) is 3.18. The van der Waals surface area contributed by atoms with Gasteiger partial charge in [-0.2, -0.15) is 0 Å². The summed E-state index contributed by atoms with van der Waals surface area (Å²) in [5.41, 5.74) is -0.597. The number of hydrogen-bond donors (Lipinski definition) is 3. The standard InChI is InChI=1S/C12H12F2N2O3/c13-7-2-1-3-8(14)10(7)16-12(19)15-9(11(17)18)6-4-5-6/h1-3,6,9H,4-5H2,(H,17,18)(H2,15,16,19). The van der Waals surface area contributed by atoms with Crippen molar-refractivity contribution >= 4 is 17.7 Å². The van der Waals surface area contributed by atoms with Gasteiger partial charge in [0.05, 0.1) is 0 Å². The number of amides is 2. The third-order valence-electron chi connectivity index (χ3n) is 2.85. The number of rotatable bonds is 4. The van der Waals surface area contributed by atoms with Crippen molar-refractivity contribution in [2.45, 2.75) is 18.9 Å². The molecular weight excluding hydrogens is 258 g/mol. The van der Waals surface area contributed by atoms with E-state index in [-0.39, 0.29) is 5.92 Å². The van der Waals surface area contributed by atoms with E-state index in [0.717, 1.165) is 18.2 Å².